The van der Waals surface area contributed by atoms with Gasteiger partial charge in [0.2, 0.25) is 21.8 Å². The van der Waals surface area contributed by atoms with Gasteiger partial charge in [0.1, 0.15) is 12.6 Å². The first-order valence-corrected chi connectivity index (χ1v) is 16.2. The van der Waals surface area contributed by atoms with E-state index in [9.17, 15) is 18.0 Å². The summed E-state index contributed by atoms with van der Waals surface area (Å²) in [5.41, 5.74) is 3.61. The van der Waals surface area contributed by atoms with E-state index >= 15 is 0 Å². The number of hydrogen-bond acceptors (Lipinski definition) is 4. The van der Waals surface area contributed by atoms with E-state index in [2.05, 4.69) is 5.32 Å². The van der Waals surface area contributed by atoms with Gasteiger partial charge in [-0.3, -0.25) is 13.9 Å². The molecule has 0 aromatic heterocycles. The van der Waals surface area contributed by atoms with Crippen molar-refractivity contribution in [1.82, 2.24) is 10.2 Å². The highest BCUT2D eigenvalue weighted by molar-refractivity contribution is 7.92. The molecule has 1 unspecified atom stereocenters. The van der Waals surface area contributed by atoms with Gasteiger partial charge in [0.05, 0.1) is 11.9 Å². The fourth-order valence-electron chi connectivity index (χ4n) is 5.31. The van der Waals surface area contributed by atoms with Crippen LogP contribution < -0.4 is 9.62 Å². The first kappa shape index (κ1) is 30.6. The molecule has 0 bridgehead atoms. The third kappa shape index (κ3) is 8.11. The van der Waals surface area contributed by atoms with Gasteiger partial charge in [-0.2, -0.15) is 0 Å². The number of halogens is 1. The summed E-state index contributed by atoms with van der Waals surface area (Å²) in [6.45, 7) is 3.29. The van der Waals surface area contributed by atoms with E-state index in [1.807, 2.05) is 68.4 Å². The van der Waals surface area contributed by atoms with Crippen molar-refractivity contribution in [3.05, 3.63) is 100 Å². The number of anilines is 1. The molecule has 1 saturated carbocycles. The second-order valence-electron chi connectivity index (χ2n) is 10.9. The SMILES string of the molecule is Cc1ccc(C)c(N(CC(=O)N(Cc2ccccc2Cl)C(Cc2ccccc2)C(=O)NC2CCCC2)S(C)(=O)=O)c1. The van der Waals surface area contributed by atoms with Crippen LogP contribution in [0.4, 0.5) is 5.69 Å². The maximum atomic E-state index is 14.3. The van der Waals surface area contributed by atoms with Crippen molar-refractivity contribution in [1.29, 1.82) is 0 Å². The Bertz CT molecular complexity index is 1470. The Labute approximate surface area is 248 Å². The minimum atomic E-state index is -3.83. The smallest absolute Gasteiger partial charge is 0.244 e. The molecule has 0 heterocycles. The highest BCUT2D eigenvalue weighted by Crippen LogP contribution is 2.26. The van der Waals surface area contributed by atoms with E-state index in [0.717, 1.165) is 52.9 Å². The van der Waals surface area contributed by atoms with Crippen LogP contribution >= 0.6 is 11.6 Å². The number of carbonyl (C=O) groups excluding carboxylic acids is 2. The quantitative estimate of drug-likeness (QED) is 0.321. The van der Waals surface area contributed by atoms with Gasteiger partial charge in [-0.25, -0.2) is 8.42 Å². The van der Waals surface area contributed by atoms with Crippen LogP contribution in [0.2, 0.25) is 5.02 Å². The van der Waals surface area contributed by atoms with Crippen molar-refractivity contribution in [2.45, 2.75) is 64.6 Å². The van der Waals surface area contributed by atoms with Gasteiger partial charge in [-0.15, -0.1) is 0 Å². The summed E-state index contributed by atoms with van der Waals surface area (Å²) in [5.74, 6) is -0.738. The maximum Gasteiger partial charge on any atom is 0.244 e. The summed E-state index contributed by atoms with van der Waals surface area (Å²) in [5, 5.41) is 3.64. The highest BCUT2D eigenvalue weighted by atomic mass is 35.5. The lowest BCUT2D eigenvalue weighted by molar-refractivity contribution is -0.140. The van der Waals surface area contributed by atoms with Crippen LogP contribution in [0.1, 0.15) is 47.9 Å². The first-order chi connectivity index (χ1) is 19.5. The number of rotatable bonds is 11. The molecule has 9 heteroatoms. The largest absolute Gasteiger partial charge is 0.352 e. The number of amides is 2. The number of nitrogens with zero attached hydrogens (tertiary/aromatic N) is 2. The predicted molar refractivity (Wildman–Crippen MR) is 164 cm³/mol. The van der Waals surface area contributed by atoms with Crippen LogP contribution in [0.15, 0.2) is 72.8 Å². The van der Waals surface area contributed by atoms with Crippen LogP contribution in [-0.4, -0.2) is 50.0 Å². The van der Waals surface area contributed by atoms with Crippen molar-refractivity contribution >= 4 is 39.1 Å². The molecule has 218 valence electrons. The van der Waals surface area contributed by atoms with Crippen LogP contribution in [0.5, 0.6) is 0 Å². The van der Waals surface area contributed by atoms with Crippen LogP contribution in [0.25, 0.3) is 0 Å². The van der Waals surface area contributed by atoms with E-state index in [1.165, 1.54) is 4.90 Å². The van der Waals surface area contributed by atoms with Crippen molar-refractivity contribution in [2.75, 3.05) is 17.1 Å². The minimum Gasteiger partial charge on any atom is -0.352 e. The zero-order chi connectivity index (χ0) is 29.6. The Kier molecular flexibility index (Phi) is 10.1. The number of aryl methyl sites for hydroxylation is 2. The van der Waals surface area contributed by atoms with Crippen molar-refractivity contribution in [2.24, 2.45) is 0 Å². The topological polar surface area (TPSA) is 86.8 Å². The molecule has 1 fully saturated rings. The molecule has 1 aliphatic rings. The summed E-state index contributed by atoms with van der Waals surface area (Å²) in [4.78, 5) is 29.6. The number of hydrogen-bond donors (Lipinski definition) is 1. The van der Waals surface area contributed by atoms with Crippen LogP contribution in [-0.2, 0) is 32.6 Å². The summed E-state index contributed by atoms with van der Waals surface area (Å²) in [7, 11) is -3.83. The Balaban J connectivity index is 1.75. The van der Waals surface area contributed by atoms with Crippen molar-refractivity contribution in [3.8, 4) is 0 Å². The molecule has 1 aliphatic carbocycles. The van der Waals surface area contributed by atoms with Gasteiger partial charge in [0, 0.05) is 24.0 Å². The fraction of sp³-hybridized carbons (Fsp3) is 0.375. The zero-order valence-electron chi connectivity index (χ0n) is 23.8. The minimum absolute atomic E-state index is 0.0541. The summed E-state index contributed by atoms with van der Waals surface area (Å²) >= 11 is 6.52. The number of carbonyl (C=O) groups is 2. The molecule has 7 nitrogen and oxygen atoms in total. The van der Waals surface area contributed by atoms with Gasteiger partial charge < -0.3 is 10.2 Å². The average Bonchev–Trinajstić information content (AvgIpc) is 3.44. The van der Waals surface area contributed by atoms with Gasteiger partial charge in [-0.05, 0) is 61.1 Å². The highest BCUT2D eigenvalue weighted by Gasteiger charge is 2.34. The van der Waals surface area contributed by atoms with Crippen LogP contribution in [0.3, 0.4) is 0 Å². The molecular weight excluding hydrogens is 558 g/mol. The lowest BCUT2D eigenvalue weighted by Crippen LogP contribution is -2.54. The van der Waals surface area contributed by atoms with E-state index in [0.29, 0.717) is 16.3 Å². The third-order valence-corrected chi connectivity index (χ3v) is 9.08. The second kappa shape index (κ2) is 13.5. The van der Waals surface area contributed by atoms with Gasteiger partial charge in [0.15, 0.2) is 0 Å². The monoisotopic (exact) mass is 595 g/mol. The lowest BCUT2D eigenvalue weighted by atomic mass is 10.0. The van der Waals surface area contributed by atoms with E-state index in [4.69, 9.17) is 11.6 Å². The normalized spacial score (nSPS) is 14.4. The molecular formula is C32H38ClN3O4S. The molecule has 1 atom stereocenters. The molecule has 0 spiro atoms. The number of nitrogens with one attached hydrogen (secondary N) is 1. The average molecular weight is 596 g/mol. The summed E-state index contributed by atoms with van der Waals surface area (Å²) in [6.07, 6.45) is 5.27. The first-order valence-electron chi connectivity index (χ1n) is 13.9. The second-order valence-corrected chi connectivity index (χ2v) is 13.2. The molecule has 1 N–H and O–H groups in total. The van der Waals surface area contributed by atoms with E-state index in [-0.39, 0.29) is 24.9 Å². The molecule has 41 heavy (non-hydrogen) atoms. The van der Waals surface area contributed by atoms with Gasteiger partial charge in [0.25, 0.3) is 0 Å². The predicted octanol–water partition coefficient (Wildman–Crippen LogP) is 5.42. The molecule has 3 aromatic rings. The molecule has 0 radical (unpaired) electrons. The molecule has 2 amide bonds. The van der Waals surface area contributed by atoms with Gasteiger partial charge >= 0.3 is 0 Å². The van der Waals surface area contributed by atoms with Gasteiger partial charge in [-0.1, -0.05) is 85.1 Å². The Hall–Kier alpha value is -3.36. The fourth-order valence-corrected chi connectivity index (χ4v) is 6.41. The molecule has 4 rings (SSSR count). The molecule has 0 aliphatic heterocycles. The standard InChI is InChI=1S/C32H38ClN3O4S/c1-23-17-18-24(2)29(19-23)36(41(3,39)40)22-31(37)35(21-26-13-7-10-16-28(26)33)30(20-25-11-5-4-6-12-25)32(38)34-27-14-8-9-15-27/h4-7,10-13,16-19,27,30H,8-9,14-15,20-22H2,1-3H3,(H,34,38). The molecule has 3 aromatic carbocycles. The van der Waals surface area contributed by atoms with E-state index in [1.54, 1.807) is 18.2 Å². The maximum absolute atomic E-state index is 14.3. The van der Waals surface area contributed by atoms with Crippen molar-refractivity contribution in [3.63, 3.8) is 0 Å². The third-order valence-electron chi connectivity index (χ3n) is 7.58. The Morgan fingerprint density at radius 1 is 0.976 bits per heavy atom. The zero-order valence-corrected chi connectivity index (χ0v) is 25.4. The molecule has 0 saturated heterocycles. The van der Waals surface area contributed by atoms with Crippen molar-refractivity contribution < 1.29 is 18.0 Å². The Morgan fingerprint density at radius 3 is 2.29 bits per heavy atom. The number of benzene rings is 3. The summed E-state index contributed by atoms with van der Waals surface area (Å²) < 4.78 is 27.2. The summed E-state index contributed by atoms with van der Waals surface area (Å²) in [6, 6.07) is 21.4. The number of sulfonamides is 1. The lowest BCUT2D eigenvalue weighted by Gasteiger charge is -2.34. The van der Waals surface area contributed by atoms with E-state index < -0.39 is 28.5 Å². The Morgan fingerprint density at radius 2 is 1.63 bits per heavy atom. The van der Waals surface area contributed by atoms with Crippen LogP contribution in [0, 0.1) is 13.8 Å².